The maximum atomic E-state index is 4.54. The number of fused-ring (bicyclic) bond motifs is 1. The molecule has 0 aromatic carbocycles. The number of hydrogen-bond acceptors (Lipinski definition) is 3. The third-order valence-electron chi connectivity index (χ3n) is 2.84. The third kappa shape index (κ3) is 2.70. The Balaban J connectivity index is 2.21. The molecule has 0 aliphatic carbocycles. The van der Waals surface area contributed by atoms with Gasteiger partial charge in [0.15, 0.2) is 5.82 Å². The SMILES string of the molecule is C/C=C/CCNc1nccn2nc(C(C)C)cc12. The Kier molecular flexibility index (Phi) is 3.97. The van der Waals surface area contributed by atoms with E-state index in [1.807, 2.05) is 17.6 Å². The van der Waals surface area contributed by atoms with Crippen molar-refractivity contribution in [2.45, 2.75) is 33.1 Å². The molecule has 2 rings (SSSR count). The van der Waals surface area contributed by atoms with Crippen LogP contribution in [-0.2, 0) is 0 Å². The van der Waals surface area contributed by atoms with E-state index in [4.69, 9.17) is 0 Å². The predicted octanol–water partition coefficient (Wildman–Crippen LogP) is 3.23. The lowest BCUT2D eigenvalue weighted by molar-refractivity contribution is 0.787. The van der Waals surface area contributed by atoms with Crippen LogP contribution in [0.2, 0.25) is 0 Å². The smallest absolute Gasteiger partial charge is 0.152 e. The first-order valence-electron chi connectivity index (χ1n) is 6.41. The quantitative estimate of drug-likeness (QED) is 0.648. The number of anilines is 1. The maximum absolute atomic E-state index is 4.54. The Morgan fingerprint density at radius 1 is 1.44 bits per heavy atom. The molecule has 0 aliphatic heterocycles. The highest BCUT2D eigenvalue weighted by atomic mass is 15.2. The summed E-state index contributed by atoms with van der Waals surface area (Å²) in [5.74, 6) is 1.34. The van der Waals surface area contributed by atoms with E-state index in [0.717, 1.165) is 30.0 Å². The highest BCUT2D eigenvalue weighted by Gasteiger charge is 2.08. The second-order valence-corrected chi connectivity index (χ2v) is 4.61. The van der Waals surface area contributed by atoms with Gasteiger partial charge in [-0.05, 0) is 25.3 Å². The van der Waals surface area contributed by atoms with E-state index in [0.29, 0.717) is 5.92 Å². The number of allylic oxidation sites excluding steroid dienone is 1. The van der Waals surface area contributed by atoms with Gasteiger partial charge in [0.1, 0.15) is 5.52 Å². The monoisotopic (exact) mass is 244 g/mol. The number of nitrogens with zero attached hydrogens (tertiary/aromatic N) is 3. The van der Waals surface area contributed by atoms with E-state index in [1.54, 1.807) is 6.20 Å². The second kappa shape index (κ2) is 5.67. The van der Waals surface area contributed by atoms with Gasteiger partial charge in [0.05, 0.1) is 5.69 Å². The Morgan fingerprint density at radius 2 is 2.28 bits per heavy atom. The van der Waals surface area contributed by atoms with Crippen LogP contribution in [-0.4, -0.2) is 21.1 Å². The average molecular weight is 244 g/mol. The van der Waals surface area contributed by atoms with Crippen molar-refractivity contribution in [2.24, 2.45) is 0 Å². The molecular formula is C14H20N4. The van der Waals surface area contributed by atoms with Gasteiger partial charge in [-0.15, -0.1) is 0 Å². The third-order valence-corrected chi connectivity index (χ3v) is 2.84. The molecule has 18 heavy (non-hydrogen) atoms. The van der Waals surface area contributed by atoms with Gasteiger partial charge in [-0.1, -0.05) is 26.0 Å². The molecule has 1 N–H and O–H groups in total. The first-order valence-corrected chi connectivity index (χ1v) is 6.41. The molecule has 0 saturated heterocycles. The predicted molar refractivity (Wildman–Crippen MR) is 75.0 cm³/mol. The molecule has 4 heteroatoms. The summed E-state index contributed by atoms with van der Waals surface area (Å²) < 4.78 is 1.89. The van der Waals surface area contributed by atoms with Gasteiger partial charge >= 0.3 is 0 Å². The van der Waals surface area contributed by atoms with Crippen molar-refractivity contribution in [3.8, 4) is 0 Å². The number of hydrogen-bond donors (Lipinski definition) is 1. The molecular weight excluding hydrogens is 224 g/mol. The fourth-order valence-electron chi connectivity index (χ4n) is 1.80. The summed E-state index contributed by atoms with van der Waals surface area (Å²) in [6.07, 6.45) is 8.87. The van der Waals surface area contributed by atoms with Gasteiger partial charge in [-0.3, -0.25) is 0 Å². The van der Waals surface area contributed by atoms with E-state index >= 15 is 0 Å². The van der Waals surface area contributed by atoms with Crippen molar-refractivity contribution >= 4 is 11.3 Å². The molecule has 0 fully saturated rings. The minimum atomic E-state index is 0.431. The van der Waals surface area contributed by atoms with Gasteiger partial charge < -0.3 is 5.32 Å². The van der Waals surface area contributed by atoms with Gasteiger partial charge in [-0.2, -0.15) is 5.10 Å². The first-order chi connectivity index (χ1) is 8.72. The molecule has 0 amide bonds. The van der Waals surface area contributed by atoms with Crippen LogP contribution in [0.4, 0.5) is 5.82 Å². The van der Waals surface area contributed by atoms with Crippen LogP contribution in [0.1, 0.15) is 38.8 Å². The zero-order valence-corrected chi connectivity index (χ0v) is 11.2. The lowest BCUT2D eigenvalue weighted by Gasteiger charge is -2.04. The molecule has 96 valence electrons. The van der Waals surface area contributed by atoms with Crippen molar-refractivity contribution in [3.63, 3.8) is 0 Å². The Morgan fingerprint density at radius 3 is 3.00 bits per heavy atom. The molecule has 0 saturated carbocycles. The zero-order chi connectivity index (χ0) is 13.0. The van der Waals surface area contributed by atoms with Gasteiger partial charge in [-0.25, -0.2) is 9.50 Å². The molecule has 0 atom stereocenters. The topological polar surface area (TPSA) is 42.2 Å². The summed E-state index contributed by atoms with van der Waals surface area (Å²) in [4.78, 5) is 4.38. The minimum absolute atomic E-state index is 0.431. The molecule has 2 aromatic heterocycles. The summed E-state index contributed by atoms with van der Waals surface area (Å²) in [5, 5.41) is 7.89. The largest absolute Gasteiger partial charge is 0.368 e. The molecule has 4 nitrogen and oxygen atoms in total. The van der Waals surface area contributed by atoms with Crippen molar-refractivity contribution in [1.82, 2.24) is 14.6 Å². The van der Waals surface area contributed by atoms with Crippen molar-refractivity contribution < 1.29 is 0 Å². The standard InChI is InChI=1S/C14H20N4/c1-4-5-6-7-15-14-13-10-12(11(2)3)17-18(13)9-8-16-14/h4-5,8-11H,6-7H2,1-3H3,(H,15,16)/b5-4+. The van der Waals surface area contributed by atoms with E-state index in [2.05, 4.69) is 47.5 Å². The molecule has 2 heterocycles. The van der Waals surface area contributed by atoms with Crippen LogP contribution in [0.3, 0.4) is 0 Å². The van der Waals surface area contributed by atoms with E-state index in [1.165, 1.54) is 0 Å². The number of rotatable bonds is 5. The van der Waals surface area contributed by atoms with E-state index < -0.39 is 0 Å². The molecule has 2 aromatic rings. The highest BCUT2D eigenvalue weighted by Crippen LogP contribution is 2.19. The molecule has 0 spiro atoms. The van der Waals surface area contributed by atoms with Crippen LogP contribution in [0.15, 0.2) is 30.6 Å². The zero-order valence-electron chi connectivity index (χ0n) is 11.2. The summed E-state index contributed by atoms with van der Waals surface area (Å²) in [6.45, 7) is 7.22. The second-order valence-electron chi connectivity index (χ2n) is 4.61. The molecule has 0 radical (unpaired) electrons. The highest BCUT2D eigenvalue weighted by molar-refractivity contribution is 5.67. The van der Waals surface area contributed by atoms with Gasteiger partial charge in [0.25, 0.3) is 0 Å². The van der Waals surface area contributed by atoms with Crippen LogP contribution in [0.25, 0.3) is 5.52 Å². The lowest BCUT2D eigenvalue weighted by Crippen LogP contribution is -2.04. The van der Waals surface area contributed by atoms with E-state index in [9.17, 15) is 0 Å². The summed E-state index contributed by atoms with van der Waals surface area (Å²) in [6, 6.07) is 2.11. The van der Waals surface area contributed by atoms with Crippen LogP contribution < -0.4 is 5.32 Å². The Hall–Kier alpha value is -1.84. The molecule has 0 bridgehead atoms. The van der Waals surface area contributed by atoms with Crippen molar-refractivity contribution in [3.05, 3.63) is 36.3 Å². The van der Waals surface area contributed by atoms with Crippen LogP contribution >= 0.6 is 0 Å². The number of aromatic nitrogens is 3. The van der Waals surface area contributed by atoms with Crippen molar-refractivity contribution in [2.75, 3.05) is 11.9 Å². The molecule has 0 unspecified atom stereocenters. The Bertz CT molecular complexity index is 540. The fraction of sp³-hybridized carbons (Fsp3) is 0.429. The first kappa shape index (κ1) is 12.6. The normalized spacial score (nSPS) is 11.8. The maximum Gasteiger partial charge on any atom is 0.152 e. The van der Waals surface area contributed by atoms with Gasteiger partial charge in [0.2, 0.25) is 0 Å². The molecule has 0 aliphatic rings. The number of nitrogens with one attached hydrogen (secondary N) is 1. The fourth-order valence-corrected chi connectivity index (χ4v) is 1.80. The van der Waals surface area contributed by atoms with Crippen molar-refractivity contribution in [1.29, 1.82) is 0 Å². The summed E-state index contributed by atoms with van der Waals surface area (Å²) in [7, 11) is 0. The average Bonchev–Trinajstić information content (AvgIpc) is 2.79. The van der Waals surface area contributed by atoms with Crippen LogP contribution in [0, 0.1) is 0 Å². The minimum Gasteiger partial charge on any atom is -0.368 e. The lowest BCUT2D eigenvalue weighted by atomic mass is 10.1. The Labute approximate surface area is 108 Å². The summed E-state index contributed by atoms with van der Waals surface area (Å²) in [5.41, 5.74) is 2.14. The summed E-state index contributed by atoms with van der Waals surface area (Å²) >= 11 is 0. The van der Waals surface area contributed by atoms with Gasteiger partial charge in [0, 0.05) is 18.9 Å². The van der Waals surface area contributed by atoms with Crippen LogP contribution in [0.5, 0.6) is 0 Å². The van der Waals surface area contributed by atoms with E-state index in [-0.39, 0.29) is 0 Å².